The Labute approximate surface area is 99.2 Å². The zero-order valence-electron chi connectivity index (χ0n) is 9.82. The first-order chi connectivity index (χ1) is 7.67. The fraction of sp³-hybridized carbons (Fsp3) is 0.700. The van der Waals surface area contributed by atoms with Crippen LogP contribution in [0, 0.1) is 0 Å². The van der Waals surface area contributed by atoms with E-state index in [1.807, 2.05) is 13.8 Å². The van der Waals surface area contributed by atoms with Gasteiger partial charge in [-0.15, -0.1) is 10.2 Å². The van der Waals surface area contributed by atoms with E-state index in [9.17, 15) is 4.79 Å². The largest absolute Gasteiger partial charge is 0.369 e. The Bertz CT molecular complexity index is 341. The second-order valence-corrected chi connectivity index (χ2v) is 4.41. The van der Waals surface area contributed by atoms with E-state index in [1.165, 1.54) is 11.3 Å². The van der Waals surface area contributed by atoms with E-state index >= 15 is 0 Å². The van der Waals surface area contributed by atoms with Gasteiger partial charge in [0, 0.05) is 6.61 Å². The first-order valence-corrected chi connectivity index (χ1v) is 6.19. The molecule has 0 bridgehead atoms. The highest BCUT2D eigenvalue weighted by atomic mass is 32.1. The number of aryl methyl sites for hydroxylation is 1. The van der Waals surface area contributed by atoms with E-state index in [1.54, 1.807) is 6.92 Å². The van der Waals surface area contributed by atoms with Crippen LogP contribution in [-0.4, -0.2) is 28.8 Å². The summed E-state index contributed by atoms with van der Waals surface area (Å²) in [5.74, 6) is -0.116. The molecule has 16 heavy (non-hydrogen) atoms. The van der Waals surface area contributed by atoms with Crippen molar-refractivity contribution >= 4 is 17.2 Å². The lowest BCUT2D eigenvalue weighted by Gasteiger charge is -2.10. The maximum absolute atomic E-state index is 11.5. The van der Waals surface area contributed by atoms with E-state index in [2.05, 4.69) is 15.5 Å². The molecule has 0 aromatic carbocycles. The van der Waals surface area contributed by atoms with Crippen LogP contribution < -0.4 is 5.32 Å². The van der Waals surface area contributed by atoms with Crippen molar-refractivity contribution in [2.24, 2.45) is 0 Å². The molecular weight excluding hydrogens is 226 g/mol. The predicted molar refractivity (Wildman–Crippen MR) is 62.2 cm³/mol. The quantitative estimate of drug-likeness (QED) is 0.814. The summed E-state index contributed by atoms with van der Waals surface area (Å²) in [5, 5.41) is 12.5. The van der Waals surface area contributed by atoms with Crippen molar-refractivity contribution in [3.05, 3.63) is 10.0 Å². The number of rotatable bonds is 6. The second kappa shape index (κ2) is 6.55. The van der Waals surface area contributed by atoms with Gasteiger partial charge in [-0.2, -0.15) is 0 Å². The van der Waals surface area contributed by atoms with Crippen LogP contribution in [-0.2, 0) is 22.5 Å². The van der Waals surface area contributed by atoms with Gasteiger partial charge in [0.05, 0.1) is 6.54 Å². The highest BCUT2D eigenvalue weighted by Gasteiger charge is 2.12. The summed E-state index contributed by atoms with van der Waals surface area (Å²) < 4.78 is 5.17. The van der Waals surface area contributed by atoms with E-state index in [-0.39, 0.29) is 5.91 Å². The van der Waals surface area contributed by atoms with Gasteiger partial charge in [-0.25, -0.2) is 0 Å². The van der Waals surface area contributed by atoms with Crippen LogP contribution in [0.1, 0.15) is 30.8 Å². The summed E-state index contributed by atoms with van der Waals surface area (Å²) in [6.45, 7) is 6.58. The summed E-state index contributed by atoms with van der Waals surface area (Å²) in [7, 11) is 0. The van der Waals surface area contributed by atoms with Crippen LogP contribution in [0.25, 0.3) is 0 Å². The molecule has 1 rings (SSSR count). The lowest BCUT2D eigenvalue weighted by atomic mass is 10.4. The van der Waals surface area contributed by atoms with Gasteiger partial charge in [0.2, 0.25) is 5.91 Å². The Kier molecular flexibility index (Phi) is 5.34. The monoisotopic (exact) mass is 243 g/mol. The lowest BCUT2D eigenvalue weighted by Crippen LogP contribution is -2.34. The molecule has 1 aromatic heterocycles. The molecule has 0 saturated carbocycles. The molecule has 1 heterocycles. The Morgan fingerprint density at radius 2 is 2.12 bits per heavy atom. The van der Waals surface area contributed by atoms with Gasteiger partial charge in [-0.1, -0.05) is 18.3 Å². The minimum Gasteiger partial charge on any atom is -0.369 e. The van der Waals surface area contributed by atoms with Crippen molar-refractivity contribution in [1.29, 1.82) is 0 Å². The number of hydrogen-bond acceptors (Lipinski definition) is 5. The maximum Gasteiger partial charge on any atom is 0.249 e. The molecule has 0 saturated heterocycles. The molecule has 0 radical (unpaired) electrons. The molecule has 0 aliphatic carbocycles. The zero-order chi connectivity index (χ0) is 12.0. The van der Waals surface area contributed by atoms with Crippen LogP contribution in [0.5, 0.6) is 0 Å². The molecule has 0 aliphatic rings. The number of ether oxygens (including phenoxy) is 1. The van der Waals surface area contributed by atoms with Gasteiger partial charge in [0.1, 0.15) is 16.1 Å². The van der Waals surface area contributed by atoms with Crippen molar-refractivity contribution in [3.8, 4) is 0 Å². The van der Waals surface area contributed by atoms with Gasteiger partial charge in [-0.05, 0) is 20.3 Å². The SMILES string of the molecule is CCO[C@@H](C)C(=O)NCc1nnc(CC)s1. The molecule has 0 unspecified atom stereocenters. The number of hydrogen-bond donors (Lipinski definition) is 1. The summed E-state index contributed by atoms with van der Waals surface area (Å²) in [4.78, 5) is 11.5. The highest BCUT2D eigenvalue weighted by Crippen LogP contribution is 2.09. The number of carbonyl (C=O) groups excluding carboxylic acids is 1. The average Bonchev–Trinajstić information content (AvgIpc) is 2.74. The highest BCUT2D eigenvalue weighted by molar-refractivity contribution is 7.11. The molecule has 0 fully saturated rings. The molecule has 1 N–H and O–H groups in total. The number of nitrogens with one attached hydrogen (secondary N) is 1. The van der Waals surface area contributed by atoms with Crippen molar-refractivity contribution < 1.29 is 9.53 Å². The third-order valence-electron chi connectivity index (χ3n) is 2.01. The summed E-state index contributed by atoms with van der Waals surface area (Å²) in [6, 6.07) is 0. The van der Waals surface area contributed by atoms with Gasteiger partial charge in [-0.3, -0.25) is 4.79 Å². The van der Waals surface area contributed by atoms with Crippen LogP contribution in [0.4, 0.5) is 0 Å². The fourth-order valence-electron chi connectivity index (χ4n) is 1.13. The first kappa shape index (κ1) is 13.1. The van der Waals surface area contributed by atoms with E-state index in [0.29, 0.717) is 13.2 Å². The molecule has 0 aliphatic heterocycles. The normalized spacial score (nSPS) is 12.4. The Hall–Kier alpha value is -1.01. The Morgan fingerprint density at radius 1 is 1.44 bits per heavy atom. The van der Waals surface area contributed by atoms with E-state index < -0.39 is 6.10 Å². The van der Waals surface area contributed by atoms with Crippen LogP contribution in [0.15, 0.2) is 0 Å². The molecule has 90 valence electrons. The zero-order valence-corrected chi connectivity index (χ0v) is 10.6. The van der Waals surface area contributed by atoms with E-state index in [0.717, 1.165) is 16.4 Å². The van der Waals surface area contributed by atoms with Gasteiger partial charge in [0.15, 0.2) is 0 Å². The van der Waals surface area contributed by atoms with Crippen LogP contribution >= 0.6 is 11.3 Å². The van der Waals surface area contributed by atoms with Crippen molar-refractivity contribution in [3.63, 3.8) is 0 Å². The van der Waals surface area contributed by atoms with Crippen LogP contribution in [0.3, 0.4) is 0 Å². The van der Waals surface area contributed by atoms with Crippen molar-refractivity contribution in [1.82, 2.24) is 15.5 Å². The summed E-state index contributed by atoms with van der Waals surface area (Å²) in [6.07, 6.45) is 0.463. The van der Waals surface area contributed by atoms with Gasteiger partial charge >= 0.3 is 0 Å². The van der Waals surface area contributed by atoms with Crippen molar-refractivity contribution in [2.45, 2.75) is 39.8 Å². The Balaban J connectivity index is 2.36. The van der Waals surface area contributed by atoms with E-state index in [4.69, 9.17) is 4.74 Å². The number of nitrogens with zero attached hydrogens (tertiary/aromatic N) is 2. The van der Waals surface area contributed by atoms with Gasteiger partial charge in [0.25, 0.3) is 0 Å². The summed E-state index contributed by atoms with van der Waals surface area (Å²) >= 11 is 1.52. The fourth-order valence-corrected chi connectivity index (χ4v) is 1.86. The minimum absolute atomic E-state index is 0.116. The third-order valence-corrected chi connectivity index (χ3v) is 3.08. The van der Waals surface area contributed by atoms with Crippen molar-refractivity contribution in [2.75, 3.05) is 6.61 Å². The molecule has 1 atom stereocenters. The maximum atomic E-state index is 11.5. The first-order valence-electron chi connectivity index (χ1n) is 5.37. The number of carbonyl (C=O) groups is 1. The topological polar surface area (TPSA) is 64.1 Å². The molecule has 6 heteroatoms. The van der Waals surface area contributed by atoms with Crippen LogP contribution in [0.2, 0.25) is 0 Å². The molecule has 1 aromatic rings. The summed E-state index contributed by atoms with van der Waals surface area (Å²) in [5.41, 5.74) is 0. The van der Waals surface area contributed by atoms with Gasteiger partial charge < -0.3 is 10.1 Å². The molecule has 5 nitrogen and oxygen atoms in total. The smallest absolute Gasteiger partial charge is 0.249 e. The molecular formula is C10H17N3O2S. The third kappa shape index (κ3) is 3.86. The minimum atomic E-state index is -0.413. The second-order valence-electron chi connectivity index (χ2n) is 3.26. The lowest BCUT2D eigenvalue weighted by molar-refractivity contribution is -0.131. The standard InChI is InChI=1S/C10H17N3O2S/c1-4-8-12-13-9(16-8)6-11-10(14)7(3)15-5-2/h7H,4-6H2,1-3H3,(H,11,14)/t7-/m0/s1. The number of aromatic nitrogens is 2. The number of amides is 1. The molecule has 0 spiro atoms. The Morgan fingerprint density at radius 3 is 2.69 bits per heavy atom. The molecule has 1 amide bonds. The predicted octanol–water partition coefficient (Wildman–Crippen LogP) is 1.14. The average molecular weight is 243 g/mol.